The lowest BCUT2D eigenvalue weighted by Gasteiger charge is -2.35. The number of benzene rings is 6. The summed E-state index contributed by atoms with van der Waals surface area (Å²) in [5.74, 6) is 0.287. The van der Waals surface area contributed by atoms with Crippen molar-refractivity contribution in [3.05, 3.63) is 252 Å². The largest absolute Gasteiger partial charge is 0.464 e. The van der Waals surface area contributed by atoms with Crippen LogP contribution in [0.25, 0.3) is 61.2 Å². The molecule has 3 aliphatic carbocycles. The lowest BCUT2D eigenvalue weighted by atomic mass is 9.81. The maximum atomic E-state index is 6.62. The highest BCUT2D eigenvalue weighted by atomic mass is 16.3. The summed E-state index contributed by atoms with van der Waals surface area (Å²) in [5.41, 5.74) is 16.1. The molecule has 304 valence electrons. The predicted octanol–water partition coefficient (Wildman–Crippen LogP) is 16.5. The second kappa shape index (κ2) is 17.0. The summed E-state index contributed by atoms with van der Waals surface area (Å²) >= 11 is 0. The molecule has 0 spiro atoms. The van der Waals surface area contributed by atoms with Crippen LogP contribution in [0, 0.1) is 5.92 Å². The zero-order valence-corrected chi connectivity index (χ0v) is 35.1. The van der Waals surface area contributed by atoms with Gasteiger partial charge in [0.25, 0.3) is 0 Å². The van der Waals surface area contributed by atoms with Crippen LogP contribution in [0.4, 0.5) is 5.69 Å². The Hall–Kier alpha value is -7.62. The summed E-state index contributed by atoms with van der Waals surface area (Å²) in [6.45, 7) is 0. The first-order valence-corrected chi connectivity index (χ1v) is 22.2. The normalized spacial score (nSPS) is 17.7. The molecule has 0 fully saturated rings. The number of anilines is 1. The quantitative estimate of drug-likeness (QED) is 0.129. The first-order valence-electron chi connectivity index (χ1n) is 22.2. The molecule has 2 atom stereocenters. The van der Waals surface area contributed by atoms with Gasteiger partial charge in [0.1, 0.15) is 16.7 Å². The van der Waals surface area contributed by atoms with E-state index < -0.39 is 0 Å². The Morgan fingerprint density at radius 3 is 2.21 bits per heavy atom. The van der Waals surface area contributed by atoms with Crippen molar-refractivity contribution in [1.82, 2.24) is 0 Å². The number of fused-ring (bicyclic) bond motifs is 4. The molecule has 8 aromatic rings. The second-order valence-electron chi connectivity index (χ2n) is 16.6. The van der Waals surface area contributed by atoms with Crippen LogP contribution in [-0.4, -0.2) is 0 Å². The molecule has 0 aliphatic heterocycles. The minimum atomic E-state index is 0.126. The highest BCUT2D eigenvalue weighted by molar-refractivity contribution is 6.10. The van der Waals surface area contributed by atoms with Crippen molar-refractivity contribution >= 4 is 44.7 Å². The molecule has 6 aromatic carbocycles. The van der Waals surface area contributed by atoms with Crippen LogP contribution < -0.4 is 4.90 Å². The smallest absolute Gasteiger partial charge is 0.143 e. The van der Waals surface area contributed by atoms with Crippen LogP contribution >= 0.6 is 0 Å². The summed E-state index contributed by atoms with van der Waals surface area (Å²) in [7, 11) is 0. The molecule has 2 unspecified atom stereocenters. The van der Waals surface area contributed by atoms with Gasteiger partial charge in [-0.3, -0.25) is 0 Å². The number of hydrogen-bond donors (Lipinski definition) is 0. The second-order valence-corrected chi connectivity index (χ2v) is 16.6. The first-order chi connectivity index (χ1) is 31.2. The summed E-state index contributed by atoms with van der Waals surface area (Å²) in [6, 6.07) is 51.8. The van der Waals surface area contributed by atoms with E-state index in [4.69, 9.17) is 8.83 Å². The average molecular weight is 814 g/mol. The lowest BCUT2D eigenvalue weighted by molar-refractivity contribution is 0.615. The van der Waals surface area contributed by atoms with Gasteiger partial charge in [-0.2, -0.15) is 0 Å². The van der Waals surface area contributed by atoms with E-state index in [1.54, 1.807) is 0 Å². The summed E-state index contributed by atoms with van der Waals surface area (Å²) in [6.07, 6.45) is 33.5. The number of nitrogens with zero attached hydrogens (tertiary/aromatic N) is 1. The standard InChI is InChI=1S/C60H47NO2/c1-4-17-42(18-5-1)43-31-34-48(35-32-43)61(49-36-33-46(56(39-49)44-19-6-2-7-20-44)23-10-11-24-47-41-62-58-29-14-12-25-51(47)58)50-37-38-52(57(40-50)45-21-8-3-9-22-45)54-27-16-28-55-53-26-13-15-30-59(53)63-60(54)55/h1-4,6-17,19-31,33-34,36-41,46,56H,5,18,32,35H2/b23-10+,24-11-. The maximum Gasteiger partial charge on any atom is 0.143 e. The minimum Gasteiger partial charge on any atom is -0.464 e. The van der Waals surface area contributed by atoms with E-state index in [-0.39, 0.29) is 11.8 Å². The molecular formula is C60H47NO2. The van der Waals surface area contributed by atoms with Gasteiger partial charge < -0.3 is 13.7 Å². The monoisotopic (exact) mass is 813 g/mol. The Morgan fingerprint density at radius 1 is 0.603 bits per heavy atom. The van der Waals surface area contributed by atoms with E-state index in [0.29, 0.717) is 0 Å². The molecule has 2 aromatic heterocycles. The van der Waals surface area contributed by atoms with Crippen LogP contribution in [0.3, 0.4) is 0 Å². The zero-order valence-electron chi connectivity index (χ0n) is 35.1. The van der Waals surface area contributed by atoms with Crippen molar-refractivity contribution in [3.63, 3.8) is 0 Å². The molecule has 63 heavy (non-hydrogen) atoms. The minimum absolute atomic E-state index is 0.126. The van der Waals surface area contributed by atoms with Gasteiger partial charge in [0.2, 0.25) is 0 Å². The van der Waals surface area contributed by atoms with E-state index in [9.17, 15) is 0 Å². The summed E-state index contributed by atoms with van der Waals surface area (Å²) < 4.78 is 12.4. The fourth-order valence-corrected chi connectivity index (χ4v) is 9.64. The number of para-hydroxylation sites is 3. The third-order valence-electron chi connectivity index (χ3n) is 12.8. The molecule has 3 aliphatic rings. The third kappa shape index (κ3) is 7.57. The summed E-state index contributed by atoms with van der Waals surface area (Å²) in [4.78, 5) is 2.51. The lowest BCUT2D eigenvalue weighted by Crippen LogP contribution is -2.25. The van der Waals surface area contributed by atoms with Gasteiger partial charge in [0.05, 0.1) is 6.26 Å². The first kappa shape index (κ1) is 38.3. The topological polar surface area (TPSA) is 29.5 Å². The molecule has 3 heteroatoms. The number of furan rings is 2. The van der Waals surface area contributed by atoms with Gasteiger partial charge >= 0.3 is 0 Å². The molecule has 2 heterocycles. The molecule has 3 nitrogen and oxygen atoms in total. The molecule has 0 saturated heterocycles. The number of hydrogen-bond acceptors (Lipinski definition) is 3. The highest BCUT2D eigenvalue weighted by Crippen LogP contribution is 2.44. The van der Waals surface area contributed by atoms with Crippen molar-refractivity contribution in [1.29, 1.82) is 0 Å². The van der Waals surface area contributed by atoms with Crippen LogP contribution in [0.5, 0.6) is 0 Å². The van der Waals surface area contributed by atoms with Gasteiger partial charge in [-0.15, -0.1) is 0 Å². The Balaban J connectivity index is 1.02. The van der Waals surface area contributed by atoms with Crippen molar-refractivity contribution in [2.45, 2.75) is 31.6 Å². The average Bonchev–Trinajstić information content (AvgIpc) is 3.96. The highest BCUT2D eigenvalue weighted by Gasteiger charge is 2.27. The molecule has 0 amide bonds. The SMILES string of the molecule is C1=CCCC(C2=CC=C(N(C3=CC(c4ccccc4)C(/C=C/C=C\c4coc5ccccc45)C=C3)c3ccc(-c4cccc5c4oc4ccccc45)c(-c4ccccc4)c3)CC2)=C1. The van der Waals surface area contributed by atoms with Gasteiger partial charge in [-0.25, -0.2) is 0 Å². The van der Waals surface area contributed by atoms with Crippen LogP contribution in [0.1, 0.15) is 42.7 Å². The third-order valence-corrected chi connectivity index (χ3v) is 12.8. The van der Waals surface area contributed by atoms with Crippen LogP contribution in [0.15, 0.2) is 250 Å². The molecule has 11 rings (SSSR count). The maximum absolute atomic E-state index is 6.62. The molecule has 0 bridgehead atoms. The van der Waals surface area contributed by atoms with Gasteiger partial charge in [0, 0.05) is 56.2 Å². The van der Waals surface area contributed by atoms with Crippen molar-refractivity contribution < 1.29 is 8.83 Å². The van der Waals surface area contributed by atoms with E-state index in [0.717, 1.165) is 92.1 Å². The predicted molar refractivity (Wildman–Crippen MR) is 263 cm³/mol. The van der Waals surface area contributed by atoms with Crippen molar-refractivity contribution in [2.75, 3.05) is 4.90 Å². The number of rotatable bonds is 10. The Kier molecular flexibility index (Phi) is 10.4. The fourth-order valence-electron chi connectivity index (χ4n) is 9.64. The Morgan fingerprint density at radius 2 is 1.38 bits per heavy atom. The van der Waals surface area contributed by atoms with Crippen LogP contribution in [0.2, 0.25) is 0 Å². The molecule has 0 N–H and O–H groups in total. The van der Waals surface area contributed by atoms with Crippen molar-refractivity contribution in [2.24, 2.45) is 5.92 Å². The van der Waals surface area contributed by atoms with Crippen molar-refractivity contribution in [3.8, 4) is 22.3 Å². The Labute approximate surface area is 369 Å². The van der Waals surface area contributed by atoms with E-state index in [1.807, 2.05) is 24.5 Å². The van der Waals surface area contributed by atoms with Gasteiger partial charge in [-0.1, -0.05) is 182 Å². The van der Waals surface area contributed by atoms with E-state index in [2.05, 4.69) is 205 Å². The fraction of sp³-hybridized carbons (Fsp3) is 0.100. The zero-order chi connectivity index (χ0) is 42.0. The van der Waals surface area contributed by atoms with E-state index >= 15 is 0 Å². The summed E-state index contributed by atoms with van der Waals surface area (Å²) in [5, 5.41) is 3.38. The van der Waals surface area contributed by atoms with E-state index in [1.165, 1.54) is 28.1 Å². The molecule has 0 radical (unpaired) electrons. The van der Waals surface area contributed by atoms with Gasteiger partial charge in [-0.05, 0) is 95.5 Å². The molecular weight excluding hydrogens is 767 g/mol. The van der Waals surface area contributed by atoms with Gasteiger partial charge in [0.15, 0.2) is 0 Å². The Bertz CT molecular complexity index is 3230. The molecule has 0 saturated carbocycles. The van der Waals surface area contributed by atoms with Crippen LogP contribution in [-0.2, 0) is 0 Å². The number of allylic oxidation sites excluding steroid dienone is 14.